The molecular formula is C23H32ClN5O3. The molecule has 4 rings (SSSR count). The van der Waals surface area contributed by atoms with Crippen LogP contribution >= 0.6 is 11.6 Å². The first-order chi connectivity index (χ1) is 15.5. The van der Waals surface area contributed by atoms with Crippen LogP contribution in [0.4, 0.5) is 5.69 Å². The Balaban J connectivity index is 1.25. The summed E-state index contributed by atoms with van der Waals surface area (Å²) in [5.74, 6) is 0.170. The molecule has 3 fully saturated rings. The Hall–Kier alpha value is -2.32. The number of piperazine rings is 1. The zero-order valence-corrected chi connectivity index (χ0v) is 19.3. The molecule has 174 valence electrons. The van der Waals surface area contributed by atoms with Crippen LogP contribution in [-0.2, 0) is 9.59 Å². The van der Waals surface area contributed by atoms with Gasteiger partial charge in [-0.3, -0.25) is 19.7 Å². The number of halogens is 1. The Bertz CT molecular complexity index is 871. The monoisotopic (exact) mass is 461 g/mol. The summed E-state index contributed by atoms with van der Waals surface area (Å²) >= 11 is 6.42. The van der Waals surface area contributed by atoms with Gasteiger partial charge in [-0.15, -0.1) is 0 Å². The van der Waals surface area contributed by atoms with Gasteiger partial charge in [-0.25, -0.2) is 0 Å². The molecule has 0 spiro atoms. The third-order valence-electron chi connectivity index (χ3n) is 6.89. The minimum Gasteiger partial charge on any atom is -0.367 e. The van der Waals surface area contributed by atoms with Crippen molar-refractivity contribution < 1.29 is 14.4 Å². The topological polar surface area (TPSA) is 93.8 Å². The van der Waals surface area contributed by atoms with Crippen molar-refractivity contribution in [2.45, 2.75) is 50.7 Å². The van der Waals surface area contributed by atoms with Crippen molar-refractivity contribution in [3.8, 4) is 0 Å². The first-order valence-electron chi connectivity index (χ1n) is 11.6. The lowest BCUT2D eigenvalue weighted by Crippen LogP contribution is -2.62. The molecule has 9 heteroatoms. The van der Waals surface area contributed by atoms with E-state index in [0.29, 0.717) is 49.6 Å². The van der Waals surface area contributed by atoms with Crippen molar-refractivity contribution >= 4 is 35.0 Å². The summed E-state index contributed by atoms with van der Waals surface area (Å²) in [6, 6.07) is 5.55. The number of hydrogen-bond donors (Lipinski definition) is 3. The van der Waals surface area contributed by atoms with Crippen LogP contribution in [-0.4, -0.2) is 68.1 Å². The Morgan fingerprint density at radius 3 is 2.62 bits per heavy atom. The zero-order valence-electron chi connectivity index (χ0n) is 18.5. The molecule has 2 saturated heterocycles. The summed E-state index contributed by atoms with van der Waals surface area (Å²) in [4.78, 5) is 40.9. The molecule has 3 atom stereocenters. The lowest BCUT2D eigenvalue weighted by atomic mass is 9.82. The van der Waals surface area contributed by atoms with E-state index in [1.807, 2.05) is 11.0 Å². The van der Waals surface area contributed by atoms with Gasteiger partial charge in [-0.2, -0.15) is 0 Å². The van der Waals surface area contributed by atoms with Crippen LogP contribution in [0.3, 0.4) is 0 Å². The average Bonchev–Trinajstić information content (AvgIpc) is 2.82. The highest BCUT2D eigenvalue weighted by molar-refractivity contribution is 6.33. The number of fused-ring (bicyclic) bond motifs is 1. The molecule has 32 heavy (non-hydrogen) atoms. The molecule has 3 unspecified atom stereocenters. The number of nitrogens with zero attached hydrogens (tertiary/aromatic N) is 2. The lowest BCUT2D eigenvalue weighted by Gasteiger charge is -2.40. The van der Waals surface area contributed by atoms with E-state index in [4.69, 9.17) is 11.6 Å². The van der Waals surface area contributed by atoms with E-state index in [0.717, 1.165) is 31.4 Å². The summed E-state index contributed by atoms with van der Waals surface area (Å²) in [6.45, 7) is 2.63. The minimum absolute atomic E-state index is 0.0843. The molecule has 0 bridgehead atoms. The van der Waals surface area contributed by atoms with Crippen LogP contribution in [0.15, 0.2) is 18.2 Å². The second-order valence-electron chi connectivity index (χ2n) is 8.88. The van der Waals surface area contributed by atoms with Gasteiger partial charge in [0.1, 0.15) is 0 Å². The van der Waals surface area contributed by atoms with Gasteiger partial charge in [0.25, 0.3) is 5.91 Å². The van der Waals surface area contributed by atoms with Crippen LogP contribution in [0.2, 0.25) is 5.02 Å². The molecule has 1 aromatic rings. The van der Waals surface area contributed by atoms with E-state index >= 15 is 0 Å². The van der Waals surface area contributed by atoms with Crippen LogP contribution in [0.5, 0.6) is 0 Å². The smallest absolute Gasteiger partial charge is 0.251 e. The Kier molecular flexibility index (Phi) is 7.20. The highest BCUT2D eigenvalue weighted by atomic mass is 35.5. The SMILES string of the molecule is CNC(=O)c1ccc(N2CCN(C(=O)CCC3NC(=O)C4CCCCC4N3)CC2)c(Cl)c1. The first-order valence-corrected chi connectivity index (χ1v) is 11.9. The van der Waals surface area contributed by atoms with Crippen molar-refractivity contribution in [2.24, 2.45) is 5.92 Å². The number of carbonyl (C=O) groups excluding carboxylic acids is 3. The summed E-state index contributed by atoms with van der Waals surface area (Å²) < 4.78 is 0. The quantitative estimate of drug-likeness (QED) is 0.621. The van der Waals surface area contributed by atoms with E-state index in [1.165, 1.54) is 0 Å². The van der Waals surface area contributed by atoms with Crippen molar-refractivity contribution in [1.82, 2.24) is 20.9 Å². The van der Waals surface area contributed by atoms with Gasteiger partial charge >= 0.3 is 0 Å². The molecule has 1 saturated carbocycles. The molecule has 0 aromatic heterocycles. The van der Waals surface area contributed by atoms with Crippen molar-refractivity contribution in [1.29, 1.82) is 0 Å². The number of hydrogen-bond acceptors (Lipinski definition) is 5. The van der Waals surface area contributed by atoms with Crippen LogP contribution in [0, 0.1) is 5.92 Å². The number of amides is 3. The highest BCUT2D eigenvalue weighted by Gasteiger charge is 2.37. The van der Waals surface area contributed by atoms with Crippen LogP contribution in [0.1, 0.15) is 48.9 Å². The van der Waals surface area contributed by atoms with Crippen molar-refractivity contribution in [3.05, 3.63) is 28.8 Å². The van der Waals surface area contributed by atoms with Crippen molar-refractivity contribution in [2.75, 3.05) is 38.1 Å². The molecule has 2 heterocycles. The summed E-state index contributed by atoms with van der Waals surface area (Å²) in [5, 5.41) is 9.72. The van der Waals surface area contributed by atoms with E-state index in [9.17, 15) is 14.4 Å². The van der Waals surface area contributed by atoms with Gasteiger partial charge in [-0.1, -0.05) is 24.4 Å². The van der Waals surface area contributed by atoms with Gasteiger partial charge < -0.3 is 20.4 Å². The molecule has 1 aromatic carbocycles. The van der Waals surface area contributed by atoms with Gasteiger partial charge in [0.2, 0.25) is 11.8 Å². The molecule has 3 aliphatic rings. The second-order valence-corrected chi connectivity index (χ2v) is 9.28. The molecule has 3 N–H and O–H groups in total. The first kappa shape index (κ1) is 22.9. The van der Waals surface area contributed by atoms with Gasteiger partial charge in [-0.05, 0) is 37.5 Å². The normalized spacial score (nSPS) is 25.7. The largest absolute Gasteiger partial charge is 0.367 e. The second kappa shape index (κ2) is 10.1. The molecule has 8 nitrogen and oxygen atoms in total. The standard InChI is InChI=1S/C23H32ClN5O3/c1-25-22(31)15-6-7-19(17(24)14-15)28-10-12-29(13-11-28)21(30)9-8-20-26-18-5-3-2-4-16(18)23(32)27-20/h6-7,14,16,18,20,26H,2-5,8-13H2,1H3,(H,25,31)(H,27,32). The highest BCUT2D eigenvalue weighted by Crippen LogP contribution is 2.29. The molecular weight excluding hydrogens is 430 g/mol. The number of anilines is 1. The Morgan fingerprint density at radius 1 is 1.16 bits per heavy atom. The average molecular weight is 462 g/mol. The zero-order chi connectivity index (χ0) is 22.7. The van der Waals surface area contributed by atoms with E-state index in [2.05, 4.69) is 20.9 Å². The fourth-order valence-electron chi connectivity index (χ4n) is 5.05. The molecule has 0 radical (unpaired) electrons. The number of nitrogens with one attached hydrogen (secondary N) is 3. The maximum Gasteiger partial charge on any atom is 0.251 e. The maximum absolute atomic E-state index is 12.8. The van der Waals surface area contributed by atoms with Crippen molar-refractivity contribution in [3.63, 3.8) is 0 Å². The summed E-state index contributed by atoms with van der Waals surface area (Å²) in [5.41, 5.74) is 1.40. The molecule has 2 aliphatic heterocycles. The maximum atomic E-state index is 12.8. The lowest BCUT2D eigenvalue weighted by molar-refractivity contribution is -0.134. The van der Waals surface area contributed by atoms with Crippen LogP contribution in [0.25, 0.3) is 0 Å². The van der Waals surface area contributed by atoms with Gasteiger partial charge in [0.05, 0.1) is 22.8 Å². The van der Waals surface area contributed by atoms with Crippen LogP contribution < -0.4 is 20.9 Å². The van der Waals surface area contributed by atoms with E-state index < -0.39 is 0 Å². The molecule has 3 amide bonds. The van der Waals surface area contributed by atoms with E-state index in [1.54, 1.807) is 19.2 Å². The third-order valence-corrected chi connectivity index (χ3v) is 7.19. The summed E-state index contributed by atoms with van der Waals surface area (Å²) in [6.07, 6.45) is 5.18. The summed E-state index contributed by atoms with van der Waals surface area (Å²) in [7, 11) is 1.59. The fraction of sp³-hybridized carbons (Fsp3) is 0.609. The number of rotatable bonds is 5. The Labute approximate surface area is 194 Å². The number of benzene rings is 1. The number of carbonyl (C=O) groups is 3. The molecule has 1 aliphatic carbocycles. The van der Waals surface area contributed by atoms with Gasteiger partial charge in [0.15, 0.2) is 0 Å². The Morgan fingerprint density at radius 2 is 1.91 bits per heavy atom. The minimum atomic E-state index is -0.170. The predicted molar refractivity (Wildman–Crippen MR) is 124 cm³/mol. The van der Waals surface area contributed by atoms with Gasteiger partial charge in [0, 0.05) is 51.3 Å². The van der Waals surface area contributed by atoms with E-state index in [-0.39, 0.29) is 35.8 Å². The fourth-order valence-corrected chi connectivity index (χ4v) is 5.35. The third kappa shape index (κ3) is 5.02. The predicted octanol–water partition coefficient (Wildman–Crippen LogP) is 1.73.